The van der Waals surface area contributed by atoms with Crippen LogP contribution in [0.3, 0.4) is 0 Å². The molecular weight excluding hydrogens is 286 g/mol. The van der Waals surface area contributed by atoms with Gasteiger partial charge in [0.2, 0.25) is 10.0 Å². The van der Waals surface area contributed by atoms with E-state index < -0.39 is 10.0 Å². The fourth-order valence-corrected chi connectivity index (χ4v) is 3.72. The fraction of sp³-hybridized carbons (Fsp3) is 0.533. The van der Waals surface area contributed by atoms with Crippen LogP contribution in [0.4, 0.5) is 5.69 Å². The molecule has 1 aliphatic rings. The van der Waals surface area contributed by atoms with Crippen LogP contribution in [0.1, 0.15) is 12.8 Å². The van der Waals surface area contributed by atoms with Crippen LogP contribution in [0.25, 0.3) is 0 Å². The van der Waals surface area contributed by atoms with Crippen molar-refractivity contribution < 1.29 is 8.42 Å². The Labute approximate surface area is 126 Å². The molecule has 1 aromatic carbocycles. The lowest BCUT2D eigenvalue weighted by Gasteiger charge is -2.34. The smallest absolute Gasteiger partial charge is 0.211 e. The molecule has 114 valence electrons. The van der Waals surface area contributed by atoms with Gasteiger partial charge in [-0.15, -0.1) is 0 Å². The molecule has 21 heavy (non-hydrogen) atoms. The lowest BCUT2D eigenvalue weighted by molar-refractivity contribution is 0.270. The maximum atomic E-state index is 11.7. The number of hydrogen-bond donors (Lipinski definition) is 0. The Bertz CT molecular complexity index is 595. The molecule has 1 saturated heterocycles. The van der Waals surface area contributed by atoms with Gasteiger partial charge in [0.25, 0.3) is 0 Å². The van der Waals surface area contributed by atoms with Crippen LogP contribution >= 0.6 is 0 Å². The van der Waals surface area contributed by atoms with Crippen LogP contribution in [0.5, 0.6) is 0 Å². The number of nitrogens with zero attached hydrogens (tertiary/aromatic N) is 3. The topological polar surface area (TPSA) is 64.4 Å². The first kappa shape index (κ1) is 15.8. The second-order valence-electron chi connectivity index (χ2n) is 5.50. The fourth-order valence-electron chi connectivity index (χ4n) is 2.77. The molecule has 0 spiro atoms. The average molecular weight is 307 g/mol. The quantitative estimate of drug-likeness (QED) is 0.777. The molecular formula is C15H21N3O2S. The van der Waals surface area contributed by atoms with Crippen molar-refractivity contribution in [2.45, 2.75) is 12.8 Å². The predicted molar refractivity (Wildman–Crippen MR) is 83.4 cm³/mol. The first-order valence-electron chi connectivity index (χ1n) is 7.13. The van der Waals surface area contributed by atoms with Gasteiger partial charge in [0.05, 0.1) is 12.3 Å². The number of nitriles is 1. The maximum absolute atomic E-state index is 11.7. The number of piperidine rings is 1. The predicted octanol–water partition coefficient (Wildman–Crippen LogP) is 1.69. The summed E-state index contributed by atoms with van der Waals surface area (Å²) in [5.41, 5.74) is 1.01. The van der Waals surface area contributed by atoms with E-state index in [1.807, 2.05) is 35.2 Å². The van der Waals surface area contributed by atoms with Crippen molar-refractivity contribution in [1.82, 2.24) is 4.31 Å². The number of rotatable bonds is 5. The highest BCUT2D eigenvalue weighted by atomic mass is 32.2. The largest absolute Gasteiger partial charge is 0.358 e. The van der Waals surface area contributed by atoms with Gasteiger partial charge in [-0.05, 0) is 30.9 Å². The molecule has 1 fully saturated rings. The molecule has 1 aromatic rings. The van der Waals surface area contributed by atoms with E-state index in [1.54, 1.807) is 4.31 Å². The first-order chi connectivity index (χ1) is 10.0. The summed E-state index contributed by atoms with van der Waals surface area (Å²) in [6.07, 6.45) is 3.15. The van der Waals surface area contributed by atoms with Crippen molar-refractivity contribution in [3.05, 3.63) is 30.3 Å². The third-order valence-electron chi connectivity index (χ3n) is 3.81. The Morgan fingerprint density at radius 3 is 2.71 bits per heavy atom. The monoisotopic (exact) mass is 307 g/mol. The van der Waals surface area contributed by atoms with E-state index in [0.29, 0.717) is 26.2 Å². The number of benzene rings is 1. The van der Waals surface area contributed by atoms with Crippen molar-refractivity contribution in [1.29, 1.82) is 5.26 Å². The van der Waals surface area contributed by atoms with E-state index >= 15 is 0 Å². The zero-order valence-electron chi connectivity index (χ0n) is 12.3. The highest BCUT2D eigenvalue weighted by Gasteiger charge is 2.27. The van der Waals surface area contributed by atoms with E-state index in [0.717, 1.165) is 18.5 Å². The molecule has 5 nitrogen and oxygen atoms in total. The maximum Gasteiger partial charge on any atom is 0.211 e. The van der Waals surface area contributed by atoms with Crippen LogP contribution < -0.4 is 4.90 Å². The van der Waals surface area contributed by atoms with Crippen LogP contribution in [-0.4, -0.2) is 45.2 Å². The van der Waals surface area contributed by atoms with Crippen molar-refractivity contribution in [2.75, 3.05) is 37.3 Å². The summed E-state index contributed by atoms with van der Waals surface area (Å²) in [7, 11) is -3.12. The Morgan fingerprint density at radius 1 is 1.38 bits per heavy atom. The van der Waals surface area contributed by atoms with Crippen LogP contribution in [0.2, 0.25) is 0 Å². The first-order valence-corrected chi connectivity index (χ1v) is 8.97. The van der Waals surface area contributed by atoms with Gasteiger partial charge in [-0.2, -0.15) is 5.26 Å². The van der Waals surface area contributed by atoms with E-state index in [9.17, 15) is 8.42 Å². The lowest BCUT2D eigenvalue weighted by atomic mass is 9.99. The zero-order chi connectivity index (χ0) is 15.3. The summed E-state index contributed by atoms with van der Waals surface area (Å²) < 4.78 is 24.9. The molecule has 0 bridgehead atoms. The number of para-hydroxylation sites is 1. The average Bonchev–Trinajstić information content (AvgIpc) is 2.47. The summed E-state index contributed by atoms with van der Waals surface area (Å²) >= 11 is 0. The van der Waals surface area contributed by atoms with E-state index in [2.05, 4.69) is 6.07 Å². The SMILES string of the molecule is CS(=O)(=O)N1CCC[C@@H](CN(CC#N)c2ccccc2)C1. The summed E-state index contributed by atoms with van der Waals surface area (Å²) in [4.78, 5) is 2.02. The third-order valence-corrected chi connectivity index (χ3v) is 5.08. The molecule has 1 aliphatic heterocycles. The minimum Gasteiger partial charge on any atom is -0.358 e. The molecule has 0 radical (unpaired) electrons. The van der Waals surface area contributed by atoms with Crippen LogP contribution in [0.15, 0.2) is 30.3 Å². The van der Waals surface area contributed by atoms with Gasteiger partial charge < -0.3 is 4.90 Å². The Hall–Kier alpha value is -1.58. The highest BCUT2D eigenvalue weighted by molar-refractivity contribution is 7.88. The van der Waals surface area contributed by atoms with Crippen LogP contribution in [0, 0.1) is 17.2 Å². The normalized spacial score (nSPS) is 19.9. The number of anilines is 1. The number of hydrogen-bond acceptors (Lipinski definition) is 4. The van der Waals surface area contributed by atoms with Crippen molar-refractivity contribution in [2.24, 2.45) is 5.92 Å². The summed E-state index contributed by atoms with van der Waals surface area (Å²) in [5.74, 6) is 0.266. The Balaban J connectivity index is 2.06. The minimum absolute atomic E-state index is 0.266. The highest BCUT2D eigenvalue weighted by Crippen LogP contribution is 2.22. The molecule has 0 aliphatic carbocycles. The summed E-state index contributed by atoms with van der Waals surface area (Å²) in [5, 5.41) is 9.01. The van der Waals surface area contributed by atoms with E-state index in [-0.39, 0.29) is 5.92 Å². The Morgan fingerprint density at radius 2 is 2.10 bits per heavy atom. The van der Waals surface area contributed by atoms with Crippen molar-refractivity contribution in [3.63, 3.8) is 0 Å². The molecule has 0 aromatic heterocycles. The van der Waals surface area contributed by atoms with Crippen LogP contribution in [-0.2, 0) is 10.0 Å². The van der Waals surface area contributed by atoms with Crippen molar-refractivity contribution >= 4 is 15.7 Å². The molecule has 2 rings (SSSR count). The zero-order valence-corrected chi connectivity index (χ0v) is 13.1. The minimum atomic E-state index is -3.12. The molecule has 0 amide bonds. The molecule has 1 heterocycles. The van der Waals surface area contributed by atoms with Gasteiger partial charge in [-0.25, -0.2) is 12.7 Å². The summed E-state index contributed by atoms with van der Waals surface area (Å²) in [6.45, 7) is 2.19. The van der Waals surface area contributed by atoms with E-state index in [4.69, 9.17) is 5.26 Å². The van der Waals surface area contributed by atoms with Gasteiger partial charge in [-0.3, -0.25) is 0 Å². The number of sulfonamides is 1. The van der Waals surface area contributed by atoms with Gasteiger partial charge in [0, 0.05) is 25.3 Å². The van der Waals surface area contributed by atoms with Crippen molar-refractivity contribution in [3.8, 4) is 6.07 Å². The third kappa shape index (κ3) is 4.45. The summed E-state index contributed by atoms with van der Waals surface area (Å²) in [6, 6.07) is 12.0. The molecule has 0 saturated carbocycles. The Kier molecular flexibility index (Phi) is 5.21. The van der Waals surface area contributed by atoms with Gasteiger partial charge >= 0.3 is 0 Å². The van der Waals surface area contributed by atoms with E-state index in [1.165, 1.54) is 6.26 Å². The molecule has 6 heteroatoms. The van der Waals surface area contributed by atoms with Gasteiger partial charge in [-0.1, -0.05) is 18.2 Å². The second kappa shape index (κ2) is 6.92. The standard InChI is InChI=1S/C15H21N3O2S/c1-21(19,20)18-10-5-6-14(13-18)12-17(11-9-16)15-7-3-2-4-8-15/h2-4,7-8,14H,5-6,10-13H2,1H3/t14-/m0/s1. The van der Waals surface area contributed by atoms with Gasteiger partial charge in [0.1, 0.15) is 6.54 Å². The second-order valence-corrected chi connectivity index (χ2v) is 7.49. The lowest BCUT2D eigenvalue weighted by Crippen LogP contribution is -2.43. The molecule has 1 atom stereocenters. The van der Waals surface area contributed by atoms with Gasteiger partial charge in [0.15, 0.2) is 0 Å². The molecule has 0 unspecified atom stereocenters. The molecule has 0 N–H and O–H groups in total.